The Bertz CT molecular complexity index is 470. The topological polar surface area (TPSA) is 29.1 Å². The molecule has 0 unspecified atom stereocenters. The summed E-state index contributed by atoms with van der Waals surface area (Å²) in [7, 11) is 4.53. The molecule has 26 heavy (non-hydrogen) atoms. The van der Waals surface area contributed by atoms with Crippen LogP contribution in [0.5, 0.6) is 0 Å². The lowest BCUT2D eigenvalue weighted by Gasteiger charge is -2.30. The Kier molecular flexibility index (Phi) is 12.0. The molecule has 0 saturated heterocycles. The molecule has 0 spiro atoms. The second-order valence-corrected chi connectivity index (χ2v) is 8.19. The van der Waals surface area contributed by atoms with Crippen LogP contribution in [-0.2, 0) is 0 Å². The number of carbonyl (C=O) groups is 1. The first kappa shape index (κ1) is 22.7. The highest BCUT2D eigenvalue weighted by molar-refractivity contribution is 5.94. The number of hydrogen-bond donors (Lipinski definition) is 1. The molecule has 148 valence electrons. The average molecular weight is 362 g/mol. The monoisotopic (exact) mass is 361 g/mol. The Morgan fingerprint density at radius 2 is 1.35 bits per heavy atom. The zero-order valence-corrected chi connectivity index (χ0v) is 17.4. The van der Waals surface area contributed by atoms with Gasteiger partial charge in [-0.25, -0.2) is 0 Å². The van der Waals surface area contributed by atoms with E-state index < -0.39 is 0 Å². The molecule has 3 heteroatoms. The zero-order chi connectivity index (χ0) is 19.1. The molecule has 0 fully saturated rings. The van der Waals surface area contributed by atoms with Gasteiger partial charge < -0.3 is 9.80 Å². The molecule has 0 atom stereocenters. The Hall–Kier alpha value is -1.35. The summed E-state index contributed by atoms with van der Waals surface area (Å²) in [4.78, 5) is 12.1. The third-order valence-corrected chi connectivity index (χ3v) is 5.16. The molecule has 0 aliphatic heterocycles. The van der Waals surface area contributed by atoms with Crippen molar-refractivity contribution in [1.82, 2.24) is 5.32 Å². The molecule has 0 aliphatic rings. The summed E-state index contributed by atoms with van der Waals surface area (Å²) in [6, 6.07) is 9.46. The minimum Gasteiger partial charge on any atom is -0.346 e. The van der Waals surface area contributed by atoms with E-state index in [4.69, 9.17) is 0 Å². The first-order valence-corrected chi connectivity index (χ1v) is 10.7. The van der Waals surface area contributed by atoms with Crippen molar-refractivity contribution in [2.45, 2.75) is 71.1 Å². The molecule has 1 rings (SSSR count). The van der Waals surface area contributed by atoms with Crippen LogP contribution in [0.4, 0.5) is 0 Å². The van der Waals surface area contributed by atoms with Crippen molar-refractivity contribution in [2.75, 3.05) is 33.7 Å². The van der Waals surface area contributed by atoms with Crippen LogP contribution in [-0.4, -0.2) is 44.1 Å². The quantitative estimate of drug-likeness (QED) is 0.328. The Labute approximate surface area is 161 Å². The molecule has 1 aromatic rings. The molecule has 1 N–H and O–H groups in total. The van der Waals surface area contributed by atoms with E-state index in [2.05, 4.69) is 26.3 Å². The van der Waals surface area contributed by atoms with Gasteiger partial charge in [-0.3, -0.25) is 4.79 Å². The summed E-state index contributed by atoms with van der Waals surface area (Å²) >= 11 is 0. The van der Waals surface area contributed by atoms with E-state index >= 15 is 0 Å². The van der Waals surface area contributed by atoms with Crippen LogP contribution in [0.15, 0.2) is 30.3 Å². The van der Waals surface area contributed by atoms with Crippen molar-refractivity contribution in [2.24, 2.45) is 0 Å². The lowest BCUT2D eigenvalue weighted by Crippen LogP contribution is -2.45. The number of likely N-dealkylation sites (N-methyl/N-ethyl adjacent to an activating group) is 1. The van der Waals surface area contributed by atoms with Gasteiger partial charge in [0.25, 0.3) is 5.91 Å². The van der Waals surface area contributed by atoms with Crippen LogP contribution in [0.1, 0.15) is 81.5 Å². The average Bonchev–Trinajstić information content (AvgIpc) is 2.63. The van der Waals surface area contributed by atoms with Crippen molar-refractivity contribution in [1.29, 1.82) is 0 Å². The van der Waals surface area contributed by atoms with Gasteiger partial charge in [-0.2, -0.15) is 0 Å². The Morgan fingerprint density at radius 1 is 0.808 bits per heavy atom. The Morgan fingerprint density at radius 3 is 1.92 bits per heavy atom. The van der Waals surface area contributed by atoms with E-state index in [9.17, 15) is 4.79 Å². The summed E-state index contributed by atoms with van der Waals surface area (Å²) in [6.45, 7) is 5.18. The molecule has 0 radical (unpaired) electrons. The first-order chi connectivity index (χ1) is 12.5. The molecule has 0 aliphatic carbocycles. The largest absolute Gasteiger partial charge is 0.346 e. The maximum atomic E-state index is 12.1. The van der Waals surface area contributed by atoms with Gasteiger partial charge in [0.1, 0.15) is 0 Å². The zero-order valence-electron chi connectivity index (χ0n) is 17.4. The molecule has 3 nitrogen and oxygen atoms in total. The minimum atomic E-state index is 0.0320. The van der Waals surface area contributed by atoms with Gasteiger partial charge in [-0.15, -0.1) is 0 Å². The molecule has 1 aromatic carbocycles. The highest BCUT2D eigenvalue weighted by Gasteiger charge is 2.14. The second-order valence-electron chi connectivity index (χ2n) is 8.19. The SMILES string of the molecule is CCCCCCCCCCCC[N+](C)(C)CCNC(=O)c1ccccc1. The van der Waals surface area contributed by atoms with E-state index in [0.717, 1.165) is 23.1 Å². The lowest BCUT2D eigenvalue weighted by atomic mass is 10.1. The van der Waals surface area contributed by atoms with Crippen molar-refractivity contribution < 1.29 is 9.28 Å². The second kappa shape index (κ2) is 13.8. The first-order valence-electron chi connectivity index (χ1n) is 10.7. The van der Waals surface area contributed by atoms with Crippen molar-refractivity contribution >= 4 is 5.91 Å². The Balaban J connectivity index is 2.01. The maximum absolute atomic E-state index is 12.1. The van der Waals surface area contributed by atoms with Gasteiger partial charge in [0.2, 0.25) is 0 Å². The number of unbranched alkanes of at least 4 members (excludes halogenated alkanes) is 9. The van der Waals surface area contributed by atoms with E-state index in [1.807, 2.05) is 30.3 Å². The van der Waals surface area contributed by atoms with Crippen molar-refractivity contribution in [3.05, 3.63) is 35.9 Å². The fourth-order valence-electron chi connectivity index (χ4n) is 3.30. The molecule has 0 bridgehead atoms. The van der Waals surface area contributed by atoms with Gasteiger partial charge in [-0.1, -0.05) is 76.5 Å². The normalized spacial score (nSPS) is 11.5. The summed E-state index contributed by atoms with van der Waals surface area (Å²) in [6.07, 6.45) is 13.8. The van der Waals surface area contributed by atoms with Crippen LogP contribution in [0.2, 0.25) is 0 Å². The van der Waals surface area contributed by atoms with Gasteiger partial charge in [-0.05, 0) is 25.0 Å². The number of amides is 1. The standard InChI is InChI=1S/C23H40N2O/c1-4-5-6-7-8-9-10-11-12-16-20-25(2,3)21-19-24-23(26)22-17-14-13-15-18-22/h13-15,17-18H,4-12,16,19-21H2,1-3H3/p+1. The minimum absolute atomic E-state index is 0.0320. The fraction of sp³-hybridized carbons (Fsp3) is 0.696. The summed E-state index contributed by atoms with van der Waals surface area (Å²) in [5.74, 6) is 0.0320. The van der Waals surface area contributed by atoms with Gasteiger partial charge in [0.15, 0.2) is 0 Å². The molecule has 0 saturated carbocycles. The summed E-state index contributed by atoms with van der Waals surface area (Å²) in [5, 5.41) is 3.04. The number of benzene rings is 1. The fourth-order valence-corrected chi connectivity index (χ4v) is 3.30. The van der Waals surface area contributed by atoms with Crippen molar-refractivity contribution in [3.8, 4) is 0 Å². The van der Waals surface area contributed by atoms with Gasteiger partial charge >= 0.3 is 0 Å². The van der Waals surface area contributed by atoms with Crippen LogP contribution in [0, 0.1) is 0 Å². The molecule has 1 amide bonds. The number of hydrogen-bond acceptors (Lipinski definition) is 1. The third kappa shape index (κ3) is 11.3. The molecule has 0 heterocycles. The van der Waals surface area contributed by atoms with E-state index in [1.54, 1.807) is 0 Å². The lowest BCUT2D eigenvalue weighted by molar-refractivity contribution is -0.889. The number of carbonyl (C=O) groups excluding carboxylic acids is 1. The van der Waals surface area contributed by atoms with Gasteiger partial charge in [0.05, 0.1) is 33.7 Å². The van der Waals surface area contributed by atoms with Crippen LogP contribution in [0.25, 0.3) is 0 Å². The highest BCUT2D eigenvalue weighted by Crippen LogP contribution is 2.11. The van der Waals surface area contributed by atoms with E-state index in [1.165, 1.54) is 70.8 Å². The third-order valence-electron chi connectivity index (χ3n) is 5.16. The van der Waals surface area contributed by atoms with Gasteiger partial charge in [0, 0.05) is 5.56 Å². The maximum Gasteiger partial charge on any atom is 0.251 e. The van der Waals surface area contributed by atoms with E-state index in [-0.39, 0.29) is 5.91 Å². The smallest absolute Gasteiger partial charge is 0.251 e. The van der Waals surface area contributed by atoms with Crippen LogP contribution < -0.4 is 5.32 Å². The molecular formula is C23H41N2O+. The summed E-state index contributed by atoms with van der Waals surface area (Å²) in [5.41, 5.74) is 0.743. The predicted octanol–water partition coefficient (Wildman–Crippen LogP) is 5.41. The predicted molar refractivity (Wildman–Crippen MR) is 112 cm³/mol. The highest BCUT2D eigenvalue weighted by atomic mass is 16.1. The van der Waals surface area contributed by atoms with Crippen LogP contribution in [0.3, 0.4) is 0 Å². The van der Waals surface area contributed by atoms with E-state index in [0.29, 0.717) is 0 Å². The number of nitrogens with one attached hydrogen (secondary N) is 1. The number of quaternary nitrogens is 1. The van der Waals surface area contributed by atoms with Crippen LogP contribution >= 0.6 is 0 Å². The molecular weight excluding hydrogens is 320 g/mol. The number of nitrogens with zero attached hydrogens (tertiary/aromatic N) is 1. The summed E-state index contributed by atoms with van der Waals surface area (Å²) < 4.78 is 0.978. The van der Waals surface area contributed by atoms with Crippen molar-refractivity contribution in [3.63, 3.8) is 0 Å². The number of rotatable bonds is 15. The molecule has 0 aromatic heterocycles.